The van der Waals surface area contributed by atoms with Gasteiger partial charge in [0.1, 0.15) is 11.5 Å². The highest BCUT2D eigenvalue weighted by Crippen LogP contribution is 2.25. The van der Waals surface area contributed by atoms with Crippen molar-refractivity contribution in [3.63, 3.8) is 0 Å². The highest BCUT2D eigenvalue weighted by molar-refractivity contribution is 7.80. The number of thiocarbonyl (C=S) groups is 1. The van der Waals surface area contributed by atoms with Gasteiger partial charge in [-0.25, -0.2) is 0 Å². The molecule has 122 valence electrons. The molecule has 0 amide bonds. The van der Waals surface area contributed by atoms with E-state index in [2.05, 4.69) is 22.6 Å². The third-order valence-electron chi connectivity index (χ3n) is 3.88. The van der Waals surface area contributed by atoms with Crippen LogP contribution in [0.2, 0.25) is 0 Å². The number of piperidine rings is 1. The molecule has 6 heteroatoms. The predicted molar refractivity (Wildman–Crippen MR) is 94.0 cm³/mol. The van der Waals surface area contributed by atoms with Crippen molar-refractivity contribution in [2.45, 2.75) is 12.8 Å². The topological polar surface area (TPSA) is 45.8 Å². The summed E-state index contributed by atoms with van der Waals surface area (Å²) in [6.45, 7) is 3.22. The molecular formula is C16H25N3O2S. The highest BCUT2D eigenvalue weighted by Gasteiger charge is 2.17. The fourth-order valence-electron chi connectivity index (χ4n) is 2.73. The van der Waals surface area contributed by atoms with E-state index in [1.54, 1.807) is 14.2 Å². The van der Waals surface area contributed by atoms with Crippen LogP contribution >= 0.6 is 12.2 Å². The SMILES string of the molecule is COc1cc(NC(=S)NC[C@@H]2CCCN(C)C2)cc(OC)c1. The van der Waals surface area contributed by atoms with Crippen LogP contribution in [-0.2, 0) is 0 Å². The van der Waals surface area contributed by atoms with E-state index in [4.69, 9.17) is 21.7 Å². The average molecular weight is 323 g/mol. The summed E-state index contributed by atoms with van der Waals surface area (Å²) in [5, 5.41) is 7.13. The van der Waals surface area contributed by atoms with Crippen molar-refractivity contribution in [3.8, 4) is 11.5 Å². The van der Waals surface area contributed by atoms with Crippen molar-refractivity contribution < 1.29 is 9.47 Å². The van der Waals surface area contributed by atoms with Gasteiger partial charge in [-0.15, -0.1) is 0 Å². The molecule has 1 aliphatic heterocycles. The molecule has 22 heavy (non-hydrogen) atoms. The van der Waals surface area contributed by atoms with Gasteiger partial charge in [-0.05, 0) is 44.6 Å². The lowest BCUT2D eigenvalue weighted by Gasteiger charge is -2.30. The summed E-state index contributed by atoms with van der Waals surface area (Å²) in [5.41, 5.74) is 0.856. The maximum atomic E-state index is 5.38. The Balaban J connectivity index is 1.86. The molecule has 0 saturated carbocycles. The number of methoxy groups -OCH3 is 2. The van der Waals surface area contributed by atoms with Crippen LogP contribution in [0.25, 0.3) is 0 Å². The van der Waals surface area contributed by atoms with Gasteiger partial charge in [0.05, 0.1) is 14.2 Å². The van der Waals surface area contributed by atoms with E-state index < -0.39 is 0 Å². The molecule has 5 nitrogen and oxygen atoms in total. The molecule has 2 rings (SSSR count). The number of hydrogen-bond acceptors (Lipinski definition) is 4. The van der Waals surface area contributed by atoms with E-state index in [0.29, 0.717) is 11.0 Å². The number of likely N-dealkylation sites (tertiary alicyclic amines) is 1. The van der Waals surface area contributed by atoms with Crippen LogP contribution in [0.1, 0.15) is 12.8 Å². The van der Waals surface area contributed by atoms with Crippen molar-refractivity contribution >= 4 is 23.0 Å². The first-order valence-electron chi connectivity index (χ1n) is 7.57. The Bertz CT molecular complexity index is 488. The maximum absolute atomic E-state index is 5.38. The molecule has 0 aliphatic carbocycles. The van der Waals surface area contributed by atoms with E-state index >= 15 is 0 Å². The molecule has 1 heterocycles. The quantitative estimate of drug-likeness (QED) is 0.811. The fourth-order valence-corrected chi connectivity index (χ4v) is 2.93. The van der Waals surface area contributed by atoms with Crippen LogP contribution in [0.3, 0.4) is 0 Å². The van der Waals surface area contributed by atoms with Gasteiger partial charge in [0, 0.05) is 37.0 Å². The molecule has 0 unspecified atom stereocenters. The summed E-state index contributed by atoms with van der Waals surface area (Å²) in [4.78, 5) is 2.37. The summed E-state index contributed by atoms with van der Waals surface area (Å²) in [6.07, 6.45) is 2.52. The Kier molecular flexibility index (Phi) is 6.27. The summed E-state index contributed by atoms with van der Waals surface area (Å²) in [5.74, 6) is 2.12. The minimum absolute atomic E-state index is 0.628. The number of benzene rings is 1. The van der Waals surface area contributed by atoms with Crippen molar-refractivity contribution in [2.24, 2.45) is 5.92 Å². The van der Waals surface area contributed by atoms with Crippen LogP contribution < -0.4 is 20.1 Å². The van der Waals surface area contributed by atoms with Gasteiger partial charge >= 0.3 is 0 Å². The Morgan fingerprint density at radius 1 is 1.27 bits per heavy atom. The Morgan fingerprint density at radius 2 is 1.95 bits per heavy atom. The van der Waals surface area contributed by atoms with Crippen LogP contribution in [0.4, 0.5) is 5.69 Å². The Hall–Kier alpha value is -1.53. The number of anilines is 1. The van der Waals surface area contributed by atoms with Crippen LogP contribution in [0.15, 0.2) is 18.2 Å². The molecule has 0 bridgehead atoms. The Labute approximate surface area is 138 Å². The van der Waals surface area contributed by atoms with Crippen molar-refractivity contribution in [1.82, 2.24) is 10.2 Å². The van der Waals surface area contributed by atoms with Crippen LogP contribution in [-0.4, -0.2) is 50.9 Å². The zero-order valence-electron chi connectivity index (χ0n) is 13.5. The van der Waals surface area contributed by atoms with E-state index in [-0.39, 0.29) is 0 Å². The van der Waals surface area contributed by atoms with E-state index in [9.17, 15) is 0 Å². The largest absolute Gasteiger partial charge is 0.497 e. The lowest BCUT2D eigenvalue weighted by Crippen LogP contribution is -2.40. The lowest BCUT2D eigenvalue weighted by atomic mass is 9.99. The molecule has 0 aromatic heterocycles. The molecule has 1 aromatic carbocycles. The van der Waals surface area contributed by atoms with Crippen molar-refractivity contribution in [2.75, 3.05) is 46.2 Å². The molecule has 0 radical (unpaired) electrons. The number of ether oxygens (including phenoxy) is 2. The summed E-state index contributed by atoms with van der Waals surface area (Å²) < 4.78 is 10.5. The number of hydrogen-bond donors (Lipinski definition) is 2. The number of nitrogens with one attached hydrogen (secondary N) is 2. The molecule has 2 N–H and O–H groups in total. The highest BCUT2D eigenvalue weighted by atomic mass is 32.1. The van der Waals surface area contributed by atoms with Crippen molar-refractivity contribution in [3.05, 3.63) is 18.2 Å². The minimum Gasteiger partial charge on any atom is -0.497 e. The molecule has 1 atom stereocenters. The fraction of sp³-hybridized carbons (Fsp3) is 0.562. The van der Waals surface area contributed by atoms with Gasteiger partial charge in [-0.3, -0.25) is 0 Å². The van der Waals surface area contributed by atoms with Crippen LogP contribution in [0, 0.1) is 5.92 Å². The zero-order valence-corrected chi connectivity index (χ0v) is 14.3. The van der Waals surface area contributed by atoms with E-state index in [1.165, 1.54) is 19.4 Å². The first kappa shape index (κ1) is 16.8. The first-order chi connectivity index (χ1) is 10.6. The third-order valence-corrected chi connectivity index (χ3v) is 4.13. The summed E-state index contributed by atoms with van der Waals surface area (Å²) in [6, 6.07) is 5.62. The van der Waals surface area contributed by atoms with Gasteiger partial charge < -0.3 is 25.0 Å². The lowest BCUT2D eigenvalue weighted by molar-refractivity contribution is 0.211. The van der Waals surface area contributed by atoms with E-state index in [0.717, 1.165) is 30.3 Å². The molecular weight excluding hydrogens is 298 g/mol. The summed E-state index contributed by atoms with van der Waals surface area (Å²) >= 11 is 5.38. The first-order valence-corrected chi connectivity index (χ1v) is 7.98. The van der Waals surface area contributed by atoms with Gasteiger partial charge in [-0.2, -0.15) is 0 Å². The number of nitrogens with zero attached hydrogens (tertiary/aromatic N) is 1. The predicted octanol–water partition coefficient (Wildman–Crippen LogP) is 2.33. The smallest absolute Gasteiger partial charge is 0.170 e. The third kappa shape index (κ3) is 5.03. The number of rotatable bonds is 5. The van der Waals surface area contributed by atoms with Gasteiger partial charge in [0.15, 0.2) is 5.11 Å². The molecule has 1 saturated heterocycles. The molecule has 1 aliphatic rings. The maximum Gasteiger partial charge on any atom is 0.170 e. The molecule has 0 spiro atoms. The minimum atomic E-state index is 0.628. The second kappa shape index (κ2) is 8.19. The molecule has 1 fully saturated rings. The molecule has 1 aromatic rings. The monoisotopic (exact) mass is 323 g/mol. The van der Waals surface area contributed by atoms with E-state index in [1.807, 2.05) is 18.2 Å². The van der Waals surface area contributed by atoms with Crippen LogP contribution in [0.5, 0.6) is 11.5 Å². The second-order valence-corrected chi connectivity index (χ2v) is 6.12. The van der Waals surface area contributed by atoms with Crippen molar-refractivity contribution in [1.29, 1.82) is 0 Å². The van der Waals surface area contributed by atoms with Gasteiger partial charge in [0.25, 0.3) is 0 Å². The standard InChI is InChI=1S/C16H25N3O2S/c1-19-6-4-5-12(11-19)10-17-16(22)18-13-7-14(20-2)9-15(8-13)21-3/h7-9,12H,4-6,10-11H2,1-3H3,(H2,17,18,22)/t12-/m0/s1. The average Bonchev–Trinajstić information content (AvgIpc) is 2.52. The van der Waals surface area contributed by atoms with Gasteiger partial charge in [-0.1, -0.05) is 0 Å². The summed E-state index contributed by atoms with van der Waals surface area (Å²) in [7, 11) is 5.44. The zero-order chi connectivity index (χ0) is 15.9. The Morgan fingerprint density at radius 3 is 2.55 bits per heavy atom. The normalized spacial score (nSPS) is 18.6. The second-order valence-electron chi connectivity index (χ2n) is 5.71. The van der Waals surface area contributed by atoms with Gasteiger partial charge in [0.2, 0.25) is 0 Å².